The molecule has 0 aliphatic rings. The lowest BCUT2D eigenvalue weighted by atomic mass is 9.86. The summed E-state index contributed by atoms with van der Waals surface area (Å²) in [7, 11) is 1.63. The molecule has 0 fully saturated rings. The van der Waals surface area contributed by atoms with E-state index < -0.39 is 0 Å². The molecule has 1 amide bonds. The molecule has 2 aromatic carbocycles. The third-order valence-electron chi connectivity index (χ3n) is 4.63. The molecule has 0 saturated carbocycles. The number of ether oxygens (including phenoxy) is 1. The van der Waals surface area contributed by atoms with Crippen LogP contribution in [0.25, 0.3) is 0 Å². The minimum Gasteiger partial charge on any atom is -0.497 e. The highest BCUT2D eigenvalue weighted by Crippen LogP contribution is 2.30. The highest BCUT2D eigenvalue weighted by molar-refractivity contribution is 5.94. The van der Waals surface area contributed by atoms with Crippen LogP contribution in [0.2, 0.25) is 0 Å². The fourth-order valence-corrected chi connectivity index (χ4v) is 3.05. The Balaban J connectivity index is 1.70. The van der Waals surface area contributed by atoms with Gasteiger partial charge in [-0.15, -0.1) is 0 Å². The van der Waals surface area contributed by atoms with Gasteiger partial charge in [-0.25, -0.2) is 4.98 Å². The summed E-state index contributed by atoms with van der Waals surface area (Å²) in [4.78, 5) is 17.0. The third-order valence-corrected chi connectivity index (χ3v) is 4.63. The van der Waals surface area contributed by atoms with Crippen LogP contribution < -0.4 is 15.4 Å². The number of benzene rings is 2. The van der Waals surface area contributed by atoms with E-state index in [4.69, 9.17) is 4.74 Å². The van der Waals surface area contributed by atoms with Gasteiger partial charge in [0.1, 0.15) is 11.6 Å². The molecule has 1 aromatic heterocycles. The number of methoxy groups -OCH3 is 1. The Bertz CT molecular complexity index is 976. The fourth-order valence-electron chi connectivity index (χ4n) is 3.05. The Labute approximate surface area is 172 Å². The monoisotopic (exact) mass is 389 g/mol. The number of nitrogens with zero attached hydrogens (tertiary/aromatic N) is 1. The van der Waals surface area contributed by atoms with E-state index in [2.05, 4.69) is 42.5 Å². The van der Waals surface area contributed by atoms with Crippen LogP contribution in [0.1, 0.15) is 42.3 Å². The van der Waals surface area contributed by atoms with Gasteiger partial charge in [0.25, 0.3) is 5.91 Å². The first-order valence-corrected chi connectivity index (χ1v) is 9.60. The van der Waals surface area contributed by atoms with Crippen molar-refractivity contribution in [3.8, 4) is 5.75 Å². The van der Waals surface area contributed by atoms with Crippen LogP contribution in [0.15, 0.2) is 66.9 Å². The maximum atomic E-state index is 12.6. The standard InChI is InChI=1S/C24H27N3O2/c1-24(2,3)20-7-5-6-8-21(20)27-22-15-18(13-14-25-22)23(28)26-16-17-9-11-19(29-4)12-10-17/h5-15H,16H2,1-4H3,(H,25,27)(H,26,28). The van der Waals surface area contributed by atoms with E-state index in [1.165, 1.54) is 5.56 Å². The maximum absolute atomic E-state index is 12.6. The summed E-state index contributed by atoms with van der Waals surface area (Å²) in [5.41, 5.74) is 3.74. The van der Waals surface area contributed by atoms with Crippen LogP contribution in [0.3, 0.4) is 0 Å². The second-order valence-electron chi connectivity index (χ2n) is 7.88. The van der Waals surface area contributed by atoms with Crippen LogP contribution in [0.5, 0.6) is 5.75 Å². The van der Waals surface area contributed by atoms with E-state index >= 15 is 0 Å². The summed E-state index contributed by atoms with van der Waals surface area (Å²) in [5, 5.41) is 6.30. The number of aromatic nitrogens is 1. The number of hydrogen-bond acceptors (Lipinski definition) is 4. The molecule has 29 heavy (non-hydrogen) atoms. The van der Waals surface area contributed by atoms with Crippen LogP contribution in [0, 0.1) is 0 Å². The Hall–Kier alpha value is -3.34. The molecule has 0 atom stereocenters. The van der Waals surface area contributed by atoms with Crippen LogP contribution in [0.4, 0.5) is 11.5 Å². The van der Waals surface area contributed by atoms with Gasteiger partial charge in [-0.05, 0) is 46.9 Å². The first-order valence-electron chi connectivity index (χ1n) is 9.60. The van der Waals surface area contributed by atoms with Crippen molar-refractivity contribution in [3.05, 3.63) is 83.6 Å². The lowest BCUT2D eigenvalue weighted by Gasteiger charge is -2.23. The first-order chi connectivity index (χ1) is 13.9. The molecule has 0 saturated heterocycles. The largest absolute Gasteiger partial charge is 0.497 e. The summed E-state index contributed by atoms with van der Waals surface area (Å²) in [6.07, 6.45) is 1.64. The van der Waals surface area contributed by atoms with Crippen molar-refractivity contribution in [2.45, 2.75) is 32.7 Å². The topological polar surface area (TPSA) is 63.2 Å². The molecule has 5 nitrogen and oxygen atoms in total. The molecule has 3 aromatic rings. The number of hydrogen-bond donors (Lipinski definition) is 2. The molecule has 150 valence electrons. The molecule has 0 bridgehead atoms. The molecule has 0 aliphatic heterocycles. The van der Waals surface area contributed by atoms with E-state index in [-0.39, 0.29) is 11.3 Å². The molecule has 0 aliphatic carbocycles. The second kappa shape index (κ2) is 8.78. The van der Waals surface area contributed by atoms with E-state index in [0.717, 1.165) is 17.0 Å². The fraction of sp³-hybridized carbons (Fsp3) is 0.250. The second-order valence-corrected chi connectivity index (χ2v) is 7.88. The first kappa shape index (κ1) is 20.4. The Morgan fingerprint density at radius 1 is 1.03 bits per heavy atom. The van der Waals surface area contributed by atoms with E-state index in [9.17, 15) is 4.79 Å². The Morgan fingerprint density at radius 3 is 2.45 bits per heavy atom. The van der Waals surface area contributed by atoms with Gasteiger partial charge >= 0.3 is 0 Å². The summed E-state index contributed by atoms with van der Waals surface area (Å²) < 4.78 is 5.15. The number of para-hydroxylation sites is 1. The Morgan fingerprint density at radius 2 is 1.76 bits per heavy atom. The van der Waals surface area contributed by atoms with Crippen molar-refractivity contribution >= 4 is 17.4 Å². The molecule has 0 unspecified atom stereocenters. The molecular formula is C24H27N3O2. The summed E-state index contributed by atoms with van der Waals surface area (Å²) >= 11 is 0. The normalized spacial score (nSPS) is 11.0. The van der Waals surface area contributed by atoms with Gasteiger partial charge in [0.15, 0.2) is 0 Å². The van der Waals surface area contributed by atoms with Crippen molar-refractivity contribution < 1.29 is 9.53 Å². The number of rotatable bonds is 6. The SMILES string of the molecule is COc1ccc(CNC(=O)c2ccnc(Nc3ccccc3C(C)(C)C)c2)cc1. The molecule has 0 spiro atoms. The van der Waals surface area contributed by atoms with Gasteiger partial charge < -0.3 is 15.4 Å². The quantitative estimate of drug-likeness (QED) is 0.618. The van der Waals surface area contributed by atoms with Crippen molar-refractivity contribution in [3.63, 3.8) is 0 Å². The Kier molecular flexibility index (Phi) is 6.17. The van der Waals surface area contributed by atoms with Gasteiger partial charge in [-0.3, -0.25) is 4.79 Å². The number of carbonyl (C=O) groups is 1. The number of pyridine rings is 1. The summed E-state index contributed by atoms with van der Waals surface area (Å²) in [6.45, 7) is 6.96. The van der Waals surface area contributed by atoms with Crippen molar-refractivity contribution in [2.24, 2.45) is 0 Å². The maximum Gasteiger partial charge on any atom is 0.251 e. The number of amides is 1. The smallest absolute Gasteiger partial charge is 0.251 e. The third kappa shape index (κ3) is 5.35. The highest BCUT2D eigenvalue weighted by atomic mass is 16.5. The zero-order valence-electron chi connectivity index (χ0n) is 17.3. The van der Waals surface area contributed by atoms with Crippen molar-refractivity contribution in [1.82, 2.24) is 10.3 Å². The zero-order chi connectivity index (χ0) is 20.9. The van der Waals surface area contributed by atoms with Gasteiger partial charge in [0.05, 0.1) is 7.11 Å². The van der Waals surface area contributed by atoms with Gasteiger partial charge in [0.2, 0.25) is 0 Å². The van der Waals surface area contributed by atoms with Gasteiger partial charge in [-0.2, -0.15) is 0 Å². The van der Waals surface area contributed by atoms with E-state index in [1.807, 2.05) is 42.5 Å². The molecule has 2 N–H and O–H groups in total. The molecule has 3 rings (SSSR count). The highest BCUT2D eigenvalue weighted by Gasteiger charge is 2.18. The summed E-state index contributed by atoms with van der Waals surface area (Å²) in [5.74, 6) is 1.29. The van der Waals surface area contributed by atoms with Crippen LogP contribution in [-0.4, -0.2) is 18.0 Å². The van der Waals surface area contributed by atoms with E-state index in [0.29, 0.717) is 17.9 Å². The lowest BCUT2D eigenvalue weighted by molar-refractivity contribution is 0.0951. The van der Waals surface area contributed by atoms with Gasteiger partial charge in [0, 0.05) is 24.0 Å². The number of nitrogens with one attached hydrogen (secondary N) is 2. The van der Waals surface area contributed by atoms with Gasteiger partial charge in [-0.1, -0.05) is 51.1 Å². The molecule has 1 heterocycles. The predicted molar refractivity (Wildman–Crippen MR) is 117 cm³/mol. The number of carbonyl (C=O) groups excluding carboxylic acids is 1. The average Bonchev–Trinajstić information content (AvgIpc) is 2.72. The van der Waals surface area contributed by atoms with E-state index in [1.54, 1.807) is 25.4 Å². The predicted octanol–water partition coefficient (Wildman–Crippen LogP) is 5.06. The molecule has 0 radical (unpaired) electrons. The molecular weight excluding hydrogens is 362 g/mol. The minimum absolute atomic E-state index is 0.00303. The van der Waals surface area contributed by atoms with Crippen molar-refractivity contribution in [2.75, 3.05) is 12.4 Å². The van der Waals surface area contributed by atoms with Crippen LogP contribution in [-0.2, 0) is 12.0 Å². The zero-order valence-corrected chi connectivity index (χ0v) is 17.3. The number of anilines is 2. The summed E-state index contributed by atoms with van der Waals surface area (Å²) in [6, 6.07) is 19.3. The lowest BCUT2D eigenvalue weighted by Crippen LogP contribution is -2.23. The molecule has 5 heteroatoms. The van der Waals surface area contributed by atoms with Crippen LogP contribution >= 0.6 is 0 Å². The van der Waals surface area contributed by atoms with Crippen molar-refractivity contribution in [1.29, 1.82) is 0 Å². The average molecular weight is 389 g/mol. The minimum atomic E-state index is -0.143.